The molecular formula is C22H23N5O3S. The van der Waals surface area contributed by atoms with E-state index < -0.39 is 0 Å². The second kappa shape index (κ2) is 7.81. The van der Waals surface area contributed by atoms with E-state index in [0.29, 0.717) is 30.9 Å². The second-order valence-electron chi connectivity index (χ2n) is 8.03. The fourth-order valence-corrected chi connectivity index (χ4v) is 4.79. The van der Waals surface area contributed by atoms with Crippen molar-refractivity contribution in [2.45, 2.75) is 38.4 Å². The van der Waals surface area contributed by atoms with Gasteiger partial charge in [-0.3, -0.25) is 19.1 Å². The highest BCUT2D eigenvalue weighted by atomic mass is 32.1. The molecular weight excluding hydrogens is 414 g/mol. The van der Waals surface area contributed by atoms with Crippen LogP contribution in [0.3, 0.4) is 0 Å². The Morgan fingerprint density at radius 3 is 2.81 bits per heavy atom. The minimum absolute atomic E-state index is 0.00738. The molecule has 1 aliphatic heterocycles. The zero-order valence-electron chi connectivity index (χ0n) is 17.2. The van der Waals surface area contributed by atoms with Crippen LogP contribution in [-0.4, -0.2) is 37.6 Å². The first-order valence-electron chi connectivity index (χ1n) is 10.4. The van der Waals surface area contributed by atoms with Crippen LogP contribution in [-0.2, 0) is 26.6 Å². The van der Waals surface area contributed by atoms with Crippen molar-refractivity contribution in [1.82, 2.24) is 24.6 Å². The number of amides is 2. The number of rotatable bonds is 5. The fraction of sp³-hybridized carbons (Fsp3) is 0.364. The minimum atomic E-state index is -0.365. The van der Waals surface area contributed by atoms with Crippen LogP contribution in [0.15, 0.2) is 40.8 Å². The van der Waals surface area contributed by atoms with Crippen LogP contribution in [0.2, 0.25) is 0 Å². The molecule has 0 saturated heterocycles. The first-order chi connectivity index (χ1) is 15.0. The Balaban J connectivity index is 1.46. The van der Waals surface area contributed by atoms with Crippen LogP contribution in [0, 0.1) is 0 Å². The summed E-state index contributed by atoms with van der Waals surface area (Å²) in [5, 5.41) is 8.88. The third kappa shape index (κ3) is 3.69. The summed E-state index contributed by atoms with van der Waals surface area (Å²) in [5.41, 5.74) is 2.48. The summed E-state index contributed by atoms with van der Waals surface area (Å²) < 4.78 is 3.38. The van der Waals surface area contributed by atoms with Gasteiger partial charge in [0, 0.05) is 38.6 Å². The van der Waals surface area contributed by atoms with Crippen LogP contribution in [0.4, 0.5) is 0 Å². The van der Waals surface area contributed by atoms with Crippen LogP contribution in [0.1, 0.15) is 55.7 Å². The zero-order valence-corrected chi connectivity index (χ0v) is 18.0. The van der Waals surface area contributed by atoms with Gasteiger partial charge in [-0.1, -0.05) is 6.07 Å². The molecule has 1 N–H and O–H groups in total. The summed E-state index contributed by atoms with van der Waals surface area (Å²) in [5.74, 6) is -0.373. The average Bonchev–Trinajstić information content (AvgIpc) is 3.29. The van der Waals surface area contributed by atoms with Gasteiger partial charge in [-0.2, -0.15) is 5.10 Å². The van der Waals surface area contributed by atoms with E-state index in [1.165, 1.54) is 11.3 Å². The Morgan fingerprint density at radius 2 is 2.13 bits per heavy atom. The van der Waals surface area contributed by atoms with Crippen molar-refractivity contribution in [2.24, 2.45) is 7.05 Å². The predicted octanol–water partition coefficient (Wildman–Crippen LogP) is 2.11. The molecule has 3 aromatic rings. The molecule has 0 unspecified atom stereocenters. The van der Waals surface area contributed by atoms with Gasteiger partial charge in [0.05, 0.1) is 17.1 Å². The van der Waals surface area contributed by atoms with E-state index in [0.717, 1.165) is 29.7 Å². The number of nitrogens with zero attached hydrogens (tertiary/aromatic N) is 4. The van der Waals surface area contributed by atoms with Gasteiger partial charge in [0.15, 0.2) is 0 Å². The minimum Gasteiger partial charge on any atom is -0.346 e. The van der Waals surface area contributed by atoms with Gasteiger partial charge in [0.2, 0.25) is 0 Å². The number of hydrogen-bond donors (Lipinski definition) is 1. The van der Waals surface area contributed by atoms with Crippen molar-refractivity contribution in [3.63, 3.8) is 0 Å². The number of hydrogen-bond acceptors (Lipinski definition) is 5. The molecule has 8 nitrogen and oxygen atoms in total. The van der Waals surface area contributed by atoms with Crippen molar-refractivity contribution in [3.05, 3.63) is 73.6 Å². The van der Waals surface area contributed by atoms with Gasteiger partial charge >= 0.3 is 0 Å². The van der Waals surface area contributed by atoms with Gasteiger partial charge in [0.25, 0.3) is 17.4 Å². The Morgan fingerprint density at radius 1 is 1.29 bits per heavy atom. The molecule has 1 aliphatic carbocycles. The molecule has 1 fully saturated rings. The molecule has 5 rings (SSSR count). The molecule has 0 radical (unpaired) electrons. The summed E-state index contributed by atoms with van der Waals surface area (Å²) >= 11 is 1.42. The number of pyridine rings is 1. The molecule has 1 saturated carbocycles. The third-order valence-electron chi connectivity index (χ3n) is 5.96. The quantitative estimate of drug-likeness (QED) is 0.662. The Bertz CT molecular complexity index is 1210. The van der Waals surface area contributed by atoms with E-state index in [1.54, 1.807) is 20.3 Å². The van der Waals surface area contributed by atoms with Crippen LogP contribution < -0.4 is 10.9 Å². The number of nitrogens with one attached hydrogen (secondary N) is 1. The van der Waals surface area contributed by atoms with Crippen molar-refractivity contribution in [3.8, 4) is 0 Å². The van der Waals surface area contributed by atoms with E-state index in [2.05, 4.69) is 10.4 Å². The summed E-state index contributed by atoms with van der Waals surface area (Å²) in [4.78, 5) is 41.6. The van der Waals surface area contributed by atoms with Crippen molar-refractivity contribution >= 4 is 23.2 Å². The second-order valence-corrected chi connectivity index (χ2v) is 8.98. The first-order valence-corrected chi connectivity index (χ1v) is 11.3. The number of thiophene rings is 1. The number of aryl methyl sites for hydroxylation is 1. The molecule has 0 bridgehead atoms. The van der Waals surface area contributed by atoms with Crippen molar-refractivity contribution < 1.29 is 9.59 Å². The monoisotopic (exact) mass is 437 g/mol. The van der Waals surface area contributed by atoms with Crippen molar-refractivity contribution in [1.29, 1.82) is 0 Å². The highest BCUT2D eigenvalue weighted by Gasteiger charge is 2.32. The summed E-state index contributed by atoms with van der Waals surface area (Å²) in [7, 11) is 1.81. The maximum absolute atomic E-state index is 13.2. The van der Waals surface area contributed by atoms with Gasteiger partial charge in [-0.15, -0.1) is 11.3 Å². The Labute approximate surface area is 183 Å². The fourth-order valence-electron chi connectivity index (χ4n) is 4.10. The number of carbonyl (C=O) groups excluding carboxylic acids is 2. The maximum Gasteiger partial charge on any atom is 0.264 e. The summed E-state index contributed by atoms with van der Waals surface area (Å²) in [6.45, 7) is 1.19. The van der Waals surface area contributed by atoms with Crippen LogP contribution >= 0.6 is 11.3 Å². The molecule has 0 atom stereocenters. The van der Waals surface area contributed by atoms with E-state index >= 15 is 0 Å². The molecule has 31 heavy (non-hydrogen) atoms. The first kappa shape index (κ1) is 19.7. The number of carbonyl (C=O) groups is 2. The maximum atomic E-state index is 13.2. The normalized spacial score (nSPS) is 15.6. The Kier molecular flexibility index (Phi) is 4.97. The molecule has 0 spiro atoms. The van der Waals surface area contributed by atoms with Gasteiger partial charge in [-0.05, 0) is 47.9 Å². The lowest BCUT2D eigenvalue weighted by molar-refractivity contribution is 0.0739. The van der Waals surface area contributed by atoms with E-state index in [-0.39, 0.29) is 29.0 Å². The zero-order chi connectivity index (χ0) is 21.5. The lowest BCUT2D eigenvalue weighted by Crippen LogP contribution is -2.41. The van der Waals surface area contributed by atoms with Gasteiger partial charge in [-0.25, -0.2) is 0 Å². The van der Waals surface area contributed by atoms with Crippen LogP contribution in [0.25, 0.3) is 0 Å². The van der Waals surface area contributed by atoms with Crippen LogP contribution in [0.5, 0.6) is 0 Å². The van der Waals surface area contributed by atoms with E-state index in [4.69, 9.17) is 0 Å². The average molecular weight is 438 g/mol. The lowest BCUT2D eigenvalue weighted by Gasteiger charge is -2.30. The number of fused-ring (bicyclic) bond motifs is 1. The SMILES string of the molecule is Cn1nccc1CNC(=O)c1c2c(cn(C3CC3)c1=O)CN(C(=O)c1cccs1)CC2. The van der Waals surface area contributed by atoms with Crippen molar-refractivity contribution in [2.75, 3.05) is 6.54 Å². The highest BCUT2D eigenvalue weighted by molar-refractivity contribution is 7.12. The lowest BCUT2D eigenvalue weighted by atomic mass is 9.95. The summed E-state index contributed by atoms with van der Waals surface area (Å²) in [6.07, 6.45) is 5.90. The van der Waals surface area contributed by atoms with Gasteiger partial charge < -0.3 is 14.8 Å². The van der Waals surface area contributed by atoms with Gasteiger partial charge in [0.1, 0.15) is 5.56 Å². The molecule has 3 aromatic heterocycles. The highest BCUT2D eigenvalue weighted by Crippen LogP contribution is 2.35. The molecule has 160 valence electrons. The molecule has 0 aromatic carbocycles. The molecule has 9 heteroatoms. The summed E-state index contributed by atoms with van der Waals surface area (Å²) in [6, 6.07) is 5.66. The predicted molar refractivity (Wildman–Crippen MR) is 116 cm³/mol. The topological polar surface area (TPSA) is 89.2 Å². The molecule has 2 aliphatic rings. The Hall–Kier alpha value is -3.20. The third-order valence-corrected chi connectivity index (χ3v) is 6.82. The smallest absolute Gasteiger partial charge is 0.264 e. The molecule has 4 heterocycles. The molecule has 2 amide bonds. The largest absolute Gasteiger partial charge is 0.346 e. The van der Waals surface area contributed by atoms with E-state index in [9.17, 15) is 14.4 Å². The standard InChI is InChI=1S/C22H23N5O3S/c1-25-16(6-8-24-25)11-23-20(28)19-17-7-9-26(21(29)18-3-2-10-31-18)12-14(17)13-27(22(19)30)15-4-5-15/h2-3,6,8,10,13,15H,4-5,7,9,11-12H2,1H3,(H,23,28). The van der Waals surface area contributed by atoms with E-state index in [1.807, 2.05) is 36.8 Å². The number of aromatic nitrogens is 3.